The molecule has 4 heteroatoms. The first-order valence-electron chi connectivity index (χ1n) is 4.15. The molecule has 74 valence electrons. The molecule has 1 heterocycles. The summed E-state index contributed by atoms with van der Waals surface area (Å²) < 4.78 is 6.56. The molecule has 2 N–H and O–H groups in total. The van der Waals surface area contributed by atoms with Crippen LogP contribution in [0.3, 0.4) is 0 Å². The highest BCUT2D eigenvalue weighted by Crippen LogP contribution is 2.41. The number of thioether (sulfide) groups is 1. The van der Waals surface area contributed by atoms with Crippen molar-refractivity contribution in [3.63, 3.8) is 0 Å². The third kappa shape index (κ3) is 1.35. The molecule has 0 radical (unpaired) electrons. The number of rotatable bonds is 2. The molecule has 14 heavy (non-hydrogen) atoms. The fraction of sp³-hybridized carbons (Fsp3) is 0.200. The number of benzene rings is 1. The normalized spacial score (nSPS) is 10.7. The van der Waals surface area contributed by atoms with E-state index in [9.17, 15) is 0 Å². The summed E-state index contributed by atoms with van der Waals surface area (Å²) in [7, 11) is 1.66. The molecule has 0 atom stereocenters. The van der Waals surface area contributed by atoms with Crippen LogP contribution in [0.5, 0.6) is 5.75 Å². The number of nitrogen functional groups attached to an aromatic ring is 1. The van der Waals surface area contributed by atoms with Crippen LogP contribution in [0.15, 0.2) is 22.4 Å². The Kier molecular flexibility index (Phi) is 2.56. The van der Waals surface area contributed by atoms with Crippen molar-refractivity contribution in [2.75, 3.05) is 19.1 Å². The van der Waals surface area contributed by atoms with Gasteiger partial charge in [-0.15, -0.1) is 23.1 Å². The average Bonchev–Trinajstić information content (AvgIpc) is 2.62. The van der Waals surface area contributed by atoms with Gasteiger partial charge < -0.3 is 10.5 Å². The molecule has 0 aliphatic heterocycles. The number of methoxy groups -OCH3 is 1. The Morgan fingerprint density at radius 3 is 2.93 bits per heavy atom. The molecule has 0 saturated heterocycles. The zero-order chi connectivity index (χ0) is 10.1. The quantitative estimate of drug-likeness (QED) is 0.629. The van der Waals surface area contributed by atoms with Crippen molar-refractivity contribution in [3.05, 3.63) is 17.5 Å². The minimum Gasteiger partial charge on any atom is -0.493 e. The topological polar surface area (TPSA) is 35.2 Å². The molecule has 2 rings (SSSR count). The van der Waals surface area contributed by atoms with Crippen LogP contribution < -0.4 is 10.5 Å². The number of nitrogens with two attached hydrogens (primary N) is 1. The maximum atomic E-state index is 5.90. The first kappa shape index (κ1) is 9.68. The lowest BCUT2D eigenvalue weighted by atomic mass is 10.2. The molecular formula is C10H11NOS2. The third-order valence-electron chi connectivity index (χ3n) is 2.09. The van der Waals surface area contributed by atoms with E-state index >= 15 is 0 Å². The van der Waals surface area contributed by atoms with E-state index in [1.165, 1.54) is 10.1 Å². The van der Waals surface area contributed by atoms with E-state index in [0.717, 1.165) is 10.6 Å². The van der Waals surface area contributed by atoms with Crippen LogP contribution in [0.1, 0.15) is 0 Å². The first-order valence-corrected chi connectivity index (χ1v) is 6.26. The Morgan fingerprint density at radius 1 is 1.50 bits per heavy atom. The fourth-order valence-corrected chi connectivity index (χ4v) is 3.38. The van der Waals surface area contributed by atoms with Gasteiger partial charge in [-0.25, -0.2) is 0 Å². The highest BCUT2D eigenvalue weighted by molar-refractivity contribution is 7.99. The molecule has 1 aromatic carbocycles. The lowest BCUT2D eigenvalue weighted by Gasteiger charge is -2.10. The maximum absolute atomic E-state index is 5.90. The van der Waals surface area contributed by atoms with Gasteiger partial charge in [0.05, 0.1) is 22.4 Å². The zero-order valence-electron chi connectivity index (χ0n) is 8.03. The average molecular weight is 225 g/mol. The van der Waals surface area contributed by atoms with Crippen LogP contribution >= 0.6 is 23.1 Å². The van der Waals surface area contributed by atoms with E-state index in [0.29, 0.717) is 5.69 Å². The second kappa shape index (κ2) is 3.71. The number of hydrogen-bond donors (Lipinski definition) is 1. The number of ether oxygens (including phenoxy) is 1. The van der Waals surface area contributed by atoms with Crippen LogP contribution in [-0.4, -0.2) is 13.4 Å². The zero-order valence-corrected chi connectivity index (χ0v) is 9.67. The SMILES string of the molecule is COc1c(N)cc2ccsc2c1SC. The molecule has 0 aliphatic rings. The van der Waals surface area contributed by atoms with Crippen LogP contribution in [0, 0.1) is 0 Å². The Hall–Kier alpha value is -0.870. The summed E-state index contributed by atoms with van der Waals surface area (Å²) in [4.78, 5) is 1.14. The monoisotopic (exact) mass is 225 g/mol. The Morgan fingerprint density at radius 2 is 2.29 bits per heavy atom. The van der Waals surface area contributed by atoms with E-state index in [-0.39, 0.29) is 0 Å². The molecular weight excluding hydrogens is 214 g/mol. The van der Waals surface area contributed by atoms with Crippen molar-refractivity contribution in [1.82, 2.24) is 0 Å². The minimum atomic E-state index is 0.711. The highest BCUT2D eigenvalue weighted by Gasteiger charge is 2.12. The predicted octanol–water partition coefficient (Wildman–Crippen LogP) is 3.21. The van der Waals surface area contributed by atoms with E-state index < -0.39 is 0 Å². The van der Waals surface area contributed by atoms with Gasteiger partial charge in [0.25, 0.3) is 0 Å². The van der Waals surface area contributed by atoms with E-state index in [2.05, 4.69) is 11.4 Å². The lowest BCUT2D eigenvalue weighted by molar-refractivity contribution is 0.408. The van der Waals surface area contributed by atoms with Crippen molar-refractivity contribution in [2.45, 2.75) is 4.90 Å². The standard InChI is InChI=1S/C10H11NOS2/c1-12-8-7(11)5-6-3-4-14-9(6)10(8)13-2/h3-5H,11H2,1-2H3. The van der Waals surface area contributed by atoms with E-state index in [1.807, 2.05) is 12.3 Å². The number of hydrogen-bond acceptors (Lipinski definition) is 4. The van der Waals surface area contributed by atoms with Gasteiger partial charge in [-0.2, -0.15) is 0 Å². The predicted molar refractivity (Wildman–Crippen MR) is 64.6 cm³/mol. The Balaban J connectivity index is 2.82. The van der Waals surface area contributed by atoms with Crippen molar-refractivity contribution < 1.29 is 4.74 Å². The summed E-state index contributed by atoms with van der Waals surface area (Å²) in [5.41, 5.74) is 6.61. The van der Waals surface area contributed by atoms with Gasteiger partial charge >= 0.3 is 0 Å². The van der Waals surface area contributed by atoms with Crippen molar-refractivity contribution >= 4 is 38.9 Å². The summed E-state index contributed by atoms with van der Waals surface area (Å²) in [6, 6.07) is 4.04. The molecule has 2 nitrogen and oxygen atoms in total. The van der Waals surface area contributed by atoms with Crippen LogP contribution in [0.25, 0.3) is 10.1 Å². The first-order chi connectivity index (χ1) is 6.77. The largest absolute Gasteiger partial charge is 0.493 e. The van der Waals surface area contributed by atoms with E-state index in [4.69, 9.17) is 10.5 Å². The fourth-order valence-electron chi connectivity index (χ4n) is 1.48. The summed E-state index contributed by atoms with van der Waals surface area (Å²) in [6.07, 6.45) is 2.04. The van der Waals surface area contributed by atoms with Gasteiger partial charge in [-0.05, 0) is 29.2 Å². The van der Waals surface area contributed by atoms with E-state index in [1.54, 1.807) is 30.2 Å². The summed E-state index contributed by atoms with van der Waals surface area (Å²) >= 11 is 3.39. The summed E-state index contributed by atoms with van der Waals surface area (Å²) in [6.45, 7) is 0. The van der Waals surface area contributed by atoms with Crippen LogP contribution in [0.4, 0.5) is 5.69 Å². The van der Waals surface area contributed by atoms with Gasteiger partial charge in [0.1, 0.15) is 0 Å². The Bertz CT molecular complexity index is 464. The second-order valence-corrected chi connectivity index (χ2v) is 4.60. The second-order valence-electron chi connectivity index (χ2n) is 2.87. The molecule has 1 aromatic heterocycles. The smallest absolute Gasteiger partial charge is 0.156 e. The Labute approximate surface area is 91.1 Å². The number of anilines is 1. The molecule has 0 bridgehead atoms. The van der Waals surface area contributed by atoms with Gasteiger partial charge in [0.2, 0.25) is 0 Å². The molecule has 0 fully saturated rings. The molecule has 0 spiro atoms. The number of fused-ring (bicyclic) bond motifs is 1. The van der Waals surface area contributed by atoms with Crippen LogP contribution in [-0.2, 0) is 0 Å². The maximum Gasteiger partial charge on any atom is 0.156 e. The molecule has 0 unspecified atom stereocenters. The molecule has 0 saturated carbocycles. The van der Waals surface area contributed by atoms with Gasteiger partial charge in [0.15, 0.2) is 5.75 Å². The van der Waals surface area contributed by atoms with Crippen molar-refractivity contribution in [1.29, 1.82) is 0 Å². The molecule has 2 aromatic rings. The minimum absolute atomic E-state index is 0.711. The van der Waals surface area contributed by atoms with Gasteiger partial charge in [-0.1, -0.05) is 0 Å². The highest BCUT2D eigenvalue weighted by atomic mass is 32.2. The van der Waals surface area contributed by atoms with Crippen molar-refractivity contribution in [2.24, 2.45) is 0 Å². The lowest BCUT2D eigenvalue weighted by Crippen LogP contribution is -1.93. The van der Waals surface area contributed by atoms with Gasteiger partial charge in [-0.3, -0.25) is 0 Å². The molecule has 0 aliphatic carbocycles. The molecule has 0 amide bonds. The third-order valence-corrected chi connectivity index (χ3v) is 3.96. The van der Waals surface area contributed by atoms with Crippen molar-refractivity contribution in [3.8, 4) is 5.75 Å². The summed E-state index contributed by atoms with van der Waals surface area (Å²) in [5, 5.41) is 3.26. The van der Waals surface area contributed by atoms with Gasteiger partial charge in [0, 0.05) is 0 Å². The summed E-state index contributed by atoms with van der Waals surface area (Å²) in [5.74, 6) is 0.799. The number of thiophene rings is 1. The van der Waals surface area contributed by atoms with Crippen LogP contribution in [0.2, 0.25) is 0 Å².